The molecule has 0 aromatic carbocycles. The van der Waals surface area contributed by atoms with Crippen molar-refractivity contribution < 1.29 is 0 Å². The van der Waals surface area contributed by atoms with E-state index in [1.165, 1.54) is 36.9 Å². The van der Waals surface area contributed by atoms with Crippen LogP contribution in [0.1, 0.15) is 45.9 Å². The van der Waals surface area contributed by atoms with Crippen molar-refractivity contribution in [2.45, 2.75) is 41.0 Å². The highest BCUT2D eigenvalue weighted by atomic mass is 32.1. The molecule has 0 atom stereocenters. The molecule has 0 unspecified atom stereocenters. The van der Waals surface area contributed by atoms with Crippen molar-refractivity contribution in [1.82, 2.24) is 0 Å². The van der Waals surface area contributed by atoms with Gasteiger partial charge in [0.25, 0.3) is 0 Å². The summed E-state index contributed by atoms with van der Waals surface area (Å²) in [7, 11) is 0. The molecule has 0 aliphatic carbocycles. The van der Waals surface area contributed by atoms with Crippen LogP contribution in [-0.2, 0) is 0 Å². The lowest BCUT2D eigenvalue weighted by Crippen LogP contribution is -1.80. The lowest BCUT2D eigenvalue weighted by molar-refractivity contribution is 1.25. The van der Waals surface area contributed by atoms with E-state index in [1.54, 1.807) is 11.3 Å². The Morgan fingerprint density at radius 2 is 1.58 bits per heavy atom. The van der Waals surface area contributed by atoms with Crippen LogP contribution in [0.5, 0.6) is 0 Å². The van der Waals surface area contributed by atoms with E-state index in [9.17, 15) is 0 Å². The second-order valence-electron chi connectivity index (χ2n) is 6.13. The first-order valence-corrected chi connectivity index (χ1v) is 10.0. The van der Waals surface area contributed by atoms with Gasteiger partial charge < -0.3 is 0 Å². The topological polar surface area (TPSA) is 0 Å². The maximum absolute atomic E-state index is 2.28. The SMILES string of the molecule is CC\C(=C/C=C(C)/C(C)=C/C=C(C)C)c1ccc(-c2cccs2)s1. The molecule has 0 N–H and O–H groups in total. The van der Waals surface area contributed by atoms with Gasteiger partial charge in [0.2, 0.25) is 0 Å². The van der Waals surface area contributed by atoms with Crippen LogP contribution in [0.25, 0.3) is 15.3 Å². The molecule has 2 heteroatoms. The molecule has 2 aromatic heterocycles. The molecule has 0 aliphatic heterocycles. The summed E-state index contributed by atoms with van der Waals surface area (Å²) in [5.74, 6) is 0. The summed E-state index contributed by atoms with van der Waals surface area (Å²) in [6, 6.07) is 8.80. The van der Waals surface area contributed by atoms with Gasteiger partial charge in [-0.1, -0.05) is 42.9 Å². The maximum atomic E-state index is 2.28. The van der Waals surface area contributed by atoms with Gasteiger partial charge in [-0.3, -0.25) is 0 Å². The zero-order chi connectivity index (χ0) is 17.5. The highest BCUT2D eigenvalue weighted by Crippen LogP contribution is 2.35. The molecule has 0 fully saturated rings. The Labute approximate surface area is 154 Å². The summed E-state index contributed by atoms with van der Waals surface area (Å²) in [6.07, 6.45) is 9.93. The fraction of sp³-hybridized carbons (Fsp3) is 0.273. The number of rotatable bonds is 6. The first-order chi connectivity index (χ1) is 11.5. The Hall–Kier alpha value is -1.64. The molecule has 0 spiro atoms. The first-order valence-electron chi connectivity index (χ1n) is 8.35. The van der Waals surface area contributed by atoms with Gasteiger partial charge >= 0.3 is 0 Å². The Kier molecular flexibility index (Phi) is 7.01. The number of thiophene rings is 2. The largest absolute Gasteiger partial charge is 0.143 e. The Bertz CT molecular complexity index is 774. The van der Waals surface area contributed by atoms with Crippen LogP contribution in [-0.4, -0.2) is 0 Å². The van der Waals surface area contributed by atoms with E-state index in [-0.39, 0.29) is 0 Å². The second kappa shape index (κ2) is 9.00. The van der Waals surface area contributed by atoms with E-state index in [0.717, 1.165) is 6.42 Å². The predicted molar refractivity (Wildman–Crippen MR) is 113 cm³/mol. The van der Waals surface area contributed by atoms with Gasteiger partial charge in [0.05, 0.1) is 0 Å². The van der Waals surface area contributed by atoms with E-state index in [1.807, 2.05) is 11.3 Å². The smallest absolute Gasteiger partial charge is 0.0449 e. The van der Waals surface area contributed by atoms with Gasteiger partial charge in [-0.2, -0.15) is 0 Å². The monoisotopic (exact) mass is 354 g/mol. The molecular formula is C22H26S2. The van der Waals surface area contributed by atoms with E-state index >= 15 is 0 Å². The fourth-order valence-corrected chi connectivity index (χ4v) is 4.15. The maximum Gasteiger partial charge on any atom is 0.0449 e. The summed E-state index contributed by atoms with van der Waals surface area (Å²) >= 11 is 3.69. The van der Waals surface area contributed by atoms with Crippen molar-refractivity contribution in [1.29, 1.82) is 0 Å². The minimum Gasteiger partial charge on any atom is -0.143 e. The number of hydrogen-bond donors (Lipinski definition) is 0. The first kappa shape index (κ1) is 18.7. The van der Waals surface area contributed by atoms with Crippen molar-refractivity contribution in [2.24, 2.45) is 0 Å². The van der Waals surface area contributed by atoms with Crippen molar-refractivity contribution in [3.05, 3.63) is 75.5 Å². The third kappa shape index (κ3) is 5.19. The summed E-state index contributed by atoms with van der Waals surface area (Å²) in [6.45, 7) is 10.8. The zero-order valence-corrected chi connectivity index (χ0v) is 16.9. The highest BCUT2D eigenvalue weighted by Gasteiger charge is 2.06. The van der Waals surface area contributed by atoms with Gasteiger partial charge in [0.1, 0.15) is 0 Å². The minimum absolute atomic E-state index is 1.05. The summed E-state index contributed by atoms with van der Waals surface area (Å²) in [5, 5.41) is 2.14. The van der Waals surface area contributed by atoms with Crippen LogP contribution in [0.2, 0.25) is 0 Å². The van der Waals surface area contributed by atoms with Crippen LogP contribution in [0.4, 0.5) is 0 Å². The van der Waals surface area contributed by atoms with Crippen LogP contribution >= 0.6 is 22.7 Å². The van der Waals surface area contributed by atoms with Crippen molar-refractivity contribution in [2.75, 3.05) is 0 Å². The summed E-state index contributed by atoms with van der Waals surface area (Å²) in [4.78, 5) is 4.09. The van der Waals surface area contributed by atoms with Crippen molar-refractivity contribution in [3.8, 4) is 9.75 Å². The average molecular weight is 355 g/mol. The molecule has 0 saturated heterocycles. The van der Waals surface area contributed by atoms with Crippen LogP contribution < -0.4 is 0 Å². The predicted octanol–water partition coefficient (Wildman–Crippen LogP) is 8.13. The Morgan fingerprint density at radius 3 is 2.17 bits per heavy atom. The molecule has 2 rings (SSSR count). The number of hydrogen-bond acceptors (Lipinski definition) is 2. The zero-order valence-electron chi connectivity index (χ0n) is 15.2. The average Bonchev–Trinajstić information content (AvgIpc) is 3.23. The van der Waals surface area contributed by atoms with E-state index in [2.05, 4.69) is 88.6 Å². The van der Waals surface area contributed by atoms with E-state index in [4.69, 9.17) is 0 Å². The van der Waals surface area contributed by atoms with Crippen LogP contribution in [0.3, 0.4) is 0 Å². The molecule has 24 heavy (non-hydrogen) atoms. The normalized spacial score (nSPS) is 13.3. The van der Waals surface area contributed by atoms with Crippen molar-refractivity contribution in [3.63, 3.8) is 0 Å². The number of allylic oxidation sites excluding steroid dienone is 8. The third-order valence-corrected chi connectivity index (χ3v) is 6.12. The van der Waals surface area contributed by atoms with Gasteiger partial charge in [-0.15, -0.1) is 22.7 Å². The van der Waals surface area contributed by atoms with Crippen LogP contribution in [0, 0.1) is 0 Å². The molecule has 2 aromatic rings. The van der Waals surface area contributed by atoms with E-state index in [0.29, 0.717) is 0 Å². The van der Waals surface area contributed by atoms with Crippen molar-refractivity contribution >= 4 is 28.2 Å². The molecule has 0 bridgehead atoms. The minimum atomic E-state index is 1.05. The second-order valence-corrected chi connectivity index (χ2v) is 8.16. The van der Waals surface area contributed by atoms with Gasteiger partial charge in [-0.25, -0.2) is 0 Å². The van der Waals surface area contributed by atoms with Crippen LogP contribution in [0.15, 0.2) is 70.7 Å². The lowest BCUT2D eigenvalue weighted by Gasteiger charge is -2.02. The van der Waals surface area contributed by atoms with Gasteiger partial charge in [-0.05, 0) is 74.4 Å². The molecule has 0 nitrogen and oxygen atoms in total. The third-order valence-electron chi connectivity index (χ3n) is 3.89. The van der Waals surface area contributed by atoms with Gasteiger partial charge in [0, 0.05) is 14.6 Å². The molecule has 2 heterocycles. The molecular weight excluding hydrogens is 328 g/mol. The quantitative estimate of drug-likeness (QED) is 0.459. The van der Waals surface area contributed by atoms with E-state index < -0.39 is 0 Å². The standard InChI is InChI=1S/C22H26S2/c1-6-19(12-11-18(5)17(4)10-9-16(2)3)20-13-14-22(24-20)21-8-7-15-23-21/h7-15H,6H2,1-5H3/b17-10+,18-11+,19-12+. The Balaban J connectivity index is 2.22. The molecule has 0 aliphatic rings. The molecule has 126 valence electrons. The summed E-state index contributed by atoms with van der Waals surface area (Å²) in [5.41, 5.74) is 5.35. The van der Waals surface area contributed by atoms with Gasteiger partial charge in [0.15, 0.2) is 0 Å². The lowest BCUT2D eigenvalue weighted by atomic mass is 10.1. The summed E-state index contributed by atoms with van der Waals surface area (Å²) < 4.78 is 0. The fourth-order valence-electron chi connectivity index (χ4n) is 2.22. The highest BCUT2D eigenvalue weighted by molar-refractivity contribution is 7.21. The molecule has 0 amide bonds. The molecule has 0 radical (unpaired) electrons. The Morgan fingerprint density at radius 1 is 0.875 bits per heavy atom. The molecule has 0 saturated carbocycles.